The first kappa shape index (κ1) is 21.3. The third-order valence-corrected chi connectivity index (χ3v) is 4.27. The Labute approximate surface area is 166 Å². The molecule has 6 heteroatoms. The van der Waals surface area contributed by atoms with E-state index in [-0.39, 0.29) is 11.9 Å². The van der Waals surface area contributed by atoms with Crippen LogP contribution in [0.1, 0.15) is 44.9 Å². The molecule has 2 rings (SSSR count). The predicted molar refractivity (Wildman–Crippen MR) is 110 cm³/mol. The number of hydrogen-bond acceptors (Lipinski definition) is 5. The second kappa shape index (κ2) is 10.3. The van der Waals surface area contributed by atoms with E-state index in [0.29, 0.717) is 36.0 Å². The second-order valence-electron chi connectivity index (χ2n) is 6.33. The SMILES string of the molecule is CCOc1ccc([C@H](C)N[C@@H](C)C(=O)Nc2ccccc2C#N)cc1OCC. The predicted octanol–water partition coefficient (Wildman–Crippen LogP) is 4.03. The molecular weight excluding hydrogens is 354 g/mol. The van der Waals surface area contributed by atoms with Crippen molar-refractivity contribution in [2.75, 3.05) is 18.5 Å². The summed E-state index contributed by atoms with van der Waals surface area (Å²) in [6.07, 6.45) is 0. The van der Waals surface area contributed by atoms with Crippen LogP contribution in [0.4, 0.5) is 5.69 Å². The lowest BCUT2D eigenvalue weighted by atomic mass is 10.1. The smallest absolute Gasteiger partial charge is 0.241 e. The molecule has 28 heavy (non-hydrogen) atoms. The normalized spacial score (nSPS) is 12.5. The van der Waals surface area contributed by atoms with Crippen molar-refractivity contribution in [3.63, 3.8) is 0 Å². The second-order valence-corrected chi connectivity index (χ2v) is 6.33. The van der Waals surface area contributed by atoms with E-state index in [1.807, 2.05) is 39.0 Å². The van der Waals surface area contributed by atoms with Crippen molar-refractivity contribution in [2.24, 2.45) is 0 Å². The standard InChI is InChI=1S/C22H27N3O3/c1-5-27-20-12-11-17(13-21(20)28-6-2)15(3)24-16(4)22(26)25-19-10-8-7-9-18(19)14-23/h7-13,15-16,24H,5-6H2,1-4H3,(H,25,26)/t15-,16-/m0/s1. The van der Waals surface area contributed by atoms with E-state index >= 15 is 0 Å². The molecule has 0 saturated carbocycles. The Bertz CT molecular complexity index is 845. The molecule has 2 aromatic carbocycles. The van der Waals surface area contributed by atoms with Crippen LogP contribution in [0.2, 0.25) is 0 Å². The number of anilines is 1. The van der Waals surface area contributed by atoms with Crippen molar-refractivity contribution in [1.82, 2.24) is 5.32 Å². The molecule has 0 heterocycles. The molecule has 2 aromatic rings. The van der Waals surface area contributed by atoms with Gasteiger partial charge < -0.3 is 14.8 Å². The van der Waals surface area contributed by atoms with Crippen molar-refractivity contribution in [1.29, 1.82) is 5.26 Å². The lowest BCUT2D eigenvalue weighted by molar-refractivity contribution is -0.117. The van der Waals surface area contributed by atoms with Crippen LogP contribution in [0.5, 0.6) is 11.5 Å². The van der Waals surface area contributed by atoms with Crippen LogP contribution in [-0.4, -0.2) is 25.2 Å². The zero-order valence-corrected chi connectivity index (χ0v) is 16.8. The third-order valence-electron chi connectivity index (χ3n) is 4.27. The fourth-order valence-corrected chi connectivity index (χ4v) is 2.81. The lowest BCUT2D eigenvalue weighted by Crippen LogP contribution is -2.39. The molecule has 0 bridgehead atoms. The van der Waals surface area contributed by atoms with Gasteiger partial charge in [-0.25, -0.2) is 0 Å². The van der Waals surface area contributed by atoms with E-state index in [2.05, 4.69) is 16.7 Å². The minimum absolute atomic E-state index is 0.0816. The van der Waals surface area contributed by atoms with Gasteiger partial charge in [0.15, 0.2) is 11.5 Å². The molecule has 0 fully saturated rings. The Morgan fingerprint density at radius 3 is 2.43 bits per heavy atom. The van der Waals surface area contributed by atoms with Gasteiger partial charge in [-0.1, -0.05) is 18.2 Å². The molecule has 0 aliphatic carbocycles. The van der Waals surface area contributed by atoms with Gasteiger partial charge in [0.1, 0.15) is 6.07 Å². The Kier molecular flexibility index (Phi) is 7.85. The van der Waals surface area contributed by atoms with Crippen molar-refractivity contribution in [3.8, 4) is 17.6 Å². The number of rotatable bonds is 9. The first-order chi connectivity index (χ1) is 13.5. The van der Waals surface area contributed by atoms with Crippen LogP contribution in [0, 0.1) is 11.3 Å². The number of para-hydroxylation sites is 1. The fourth-order valence-electron chi connectivity index (χ4n) is 2.81. The maximum atomic E-state index is 12.5. The van der Waals surface area contributed by atoms with Gasteiger partial charge in [-0.2, -0.15) is 5.26 Å². The van der Waals surface area contributed by atoms with Gasteiger partial charge in [-0.05, 0) is 57.5 Å². The maximum absolute atomic E-state index is 12.5. The summed E-state index contributed by atoms with van der Waals surface area (Å²) in [5.74, 6) is 1.19. The van der Waals surface area contributed by atoms with Crippen LogP contribution in [0.15, 0.2) is 42.5 Å². The molecule has 1 amide bonds. The quantitative estimate of drug-likeness (QED) is 0.685. The van der Waals surface area contributed by atoms with Crippen molar-refractivity contribution >= 4 is 11.6 Å². The van der Waals surface area contributed by atoms with Gasteiger partial charge in [0.2, 0.25) is 5.91 Å². The number of nitriles is 1. The van der Waals surface area contributed by atoms with Crippen LogP contribution < -0.4 is 20.1 Å². The van der Waals surface area contributed by atoms with Crippen LogP contribution in [-0.2, 0) is 4.79 Å². The summed E-state index contributed by atoms with van der Waals surface area (Å²) < 4.78 is 11.3. The van der Waals surface area contributed by atoms with E-state index in [1.165, 1.54) is 0 Å². The molecule has 2 atom stereocenters. The average molecular weight is 381 g/mol. The van der Waals surface area contributed by atoms with E-state index in [4.69, 9.17) is 14.7 Å². The first-order valence-corrected chi connectivity index (χ1v) is 9.45. The molecule has 0 radical (unpaired) electrons. The molecule has 0 unspecified atom stereocenters. The Balaban J connectivity index is 2.06. The number of nitrogens with one attached hydrogen (secondary N) is 2. The van der Waals surface area contributed by atoms with Gasteiger partial charge >= 0.3 is 0 Å². The highest BCUT2D eigenvalue weighted by atomic mass is 16.5. The molecule has 0 saturated heterocycles. The van der Waals surface area contributed by atoms with E-state index in [0.717, 1.165) is 5.56 Å². The van der Waals surface area contributed by atoms with E-state index < -0.39 is 6.04 Å². The molecule has 0 aliphatic heterocycles. The van der Waals surface area contributed by atoms with Crippen molar-refractivity contribution in [2.45, 2.75) is 39.8 Å². The van der Waals surface area contributed by atoms with Gasteiger partial charge in [0, 0.05) is 6.04 Å². The number of nitrogens with zero attached hydrogens (tertiary/aromatic N) is 1. The van der Waals surface area contributed by atoms with Crippen LogP contribution >= 0.6 is 0 Å². The number of benzene rings is 2. The number of hydrogen-bond donors (Lipinski definition) is 2. The first-order valence-electron chi connectivity index (χ1n) is 9.45. The van der Waals surface area contributed by atoms with Crippen LogP contribution in [0.3, 0.4) is 0 Å². The Hall–Kier alpha value is -3.04. The lowest BCUT2D eigenvalue weighted by Gasteiger charge is -2.21. The minimum Gasteiger partial charge on any atom is -0.490 e. The highest BCUT2D eigenvalue weighted by Crippen LogP contribution is 2.30. The zero-order valence-electron chi connectivity index (χ0n) is 16.8. The topological polar surface area (TPSA) is 83.4 Å². The molecule has 0 spiro atoms. The summed E-state index contributed by atoms with van der Waals surface area (Å²) in [5, 5.41) is 15.2. The summed E-state index contributed by atoms with van der Waals surface area (Å²) in [6.45, 7) is 8.74. The molecule has 0 aliphatic rings. The van der Waals surface area contributed by atoms with Gasteiger partial charge in [-0.3, -0.25) is 10.1 Å². The largest absolute Gasteiger partial charge is 0.490 e. The number of amides is 1. The highest BCUT2D eigenvalue weighted by molar-refractivity contribution is 5.95. The maximum Gasteiger partial charge on any atom is 0.241 e. The monoisotopic (exact) mass is 381 g/mol. The van der Waals surface area contributed by atoms with Crippen molar-refractivity contribution in [3.05, 3.63) is 53.6 Å². The zero-order chi connectivity index (χ0) is 20.5. The number of carbonyl (C=O) groups excluding carboxylic acids is 1. The molecule has 148 valence electrons. The van der Waals surface area contributed by atoms with Gasteiger partial charge in [-0.15, -0.1) is 0 Å². The highest BCUT2D eigenvalue weighted by Gasteiger charge is 2.18. The molecule has 0 aromatic heterocycles. The minimum atomic E-state index is -0.455. The summed E-state index contributed by atoms with van der Waals surface area (Å²) in [5.41, 5.74) is 1.93. The number of carbonyl (C=O) groups is 1. The average Bonchev–Trinajstić information content (AvgIpc) is 2.69. The summed E-state index contributed by atoms with van der Waals surface area (Å²) >= 11 is 0. The Morgan fingerprint density at radius 1 is 1.07 bits per heavy atom. The molecule has 6 nitrogen and oxygen atoms in total. The summed E-state index contributed by atoms with van der Waals surface area (Å²) in [7, 11) is 0. The summed E-state index contributed by atoms with van der Waals surface area (Å²) in [6, 6.07) is 14.3. The van der Waals surface area contributed by atoms with Gasteiger partial charge in [0.05, 0.1) is 30.5 Å². The Morgan fingerprint density at radius 2 is 1.75 bits per heavy atom. The molecule has 2 N–H and O–H groups in total. The summed E-state index contributed by atoms with van der Waals surface area (Å²) in [4.78, 5) is 12.5. The van der Waals surface area contributed by atoms with E-state index in [9.17, 15) is 4.79 Å². The fraction of sp³-hybridized carbons (Fsp3) is 0.364. The van der Waals surface area contributed by atoms with Crippen molar-refractivity contribution < 1.29 is 14.3 Å². The number of ether oxygens (including phenoxy) is 2. The van der Waals surface area contributed by atoms with E-state index in [1.54, 1.807) is 31.2 Å². The molecular formula is C22H27N3O3. The van der Waals surface area contributed by atoms with Gasteiger partial charge in [0.25, 0.3) is 0 Å². The third kappa shape index (κ3) is 5.48. The van der Waals surface area contributed by atoms with Crippen LogP contribution in [0.25, 0.3) is 0 Å².